The molecule has 2 N–H and O–H groups in total. The molecule has 3 rings (SSSR count). The molecular weight excluding hydrogens is 321 g/mol. The number of halogens is 2. The highest BCUT2D eigenvalue weighted by molar-refractivity contribution is 9.10. The normalized spacial score (nSPS) is 15.1. The van der Waals surface area contributed by atoms with Crippen molar-refractivity contribution in [3.05, 3.63) is 34.3 Å². The maximum Gasteiger partial charge on any atom is 0.132 e. The van der Waals surface area contributed by atoms with E-state index in [1.165, 1.54) is 25.0 Å². The maximum absolute atomic E-state index is 13.2. The Balaban J connectivity index is 2.16. The zero-order chi connectivity index (χ0) is 14.4. The van der Waals surface area contributed by atoms with E-state index in [9.17, 15) is 4.39 Å². The Morgan fingerprint density at radius 2 is 2.10 bits per heavy atom. The zero-order valence-corrected chi connectivity index (χ0v) is 13.1. The van der Waals surface area contributed by atoms with Crippen LogP contribution in [0.4, 0.5) is 10.2 Å². The van der Waals surface area contributed by atoms with E-state index in [0.717, 1.165) is 17.1 Å². The van der Waals surface area contributed by atoms with Crippen molar-refractivity contribution in [3.8, 4) is 11.3 Å². The van der Waals surface area contributed by atoms with E-state index in [4.69, 9.17) is 10.7 Å². The van der Waals surface area contributed by atoms with Gasteiger partial charge in [0.25, 0.3) is 0 Å². The molecular formula is C15H17BrFN3. The standard InChI is InChI=1S/C15H17BrFN3/c1-8(2)20-14(18)13(19-15(20)9-3-4-9)11-6-5-10(17)7-12(11)16/h5-9H,3-4,18H2,1-2H3. The number of hydrogen-bond donors (Lipinski definition) is 1. The van der Waals surface area contributed by atoms with Gasteiger partial charge in [-0.15, -0.1) is 0 Å². The van der Waals surface area contributed by atoms with Gasteiger partial charge in [0.15, 0.2) is 0 Å². The van der Waals surface area contributed by atoms with Crippen LogP contribution in [0.2, 0.25) is 0 Å². The molecule has 1 aromatic carbocycles. The molecule has 1 aliphatic rings. The summed E-state index contributed by atoms with van der Waals surface area (Å²) in [6.45, 7) is 4.21. The van der Waals surface area contributed by atoms with Gasteiger partial charge in [-0.1, -0.05) is 0 Å². The van der Waals surface area contributed by atoms with E-state index in [1.807, 2.05) is 0 Å². The lowest BCUT2D eigenvalue weighted by Crippen LogP contribution is -2.08. The van der Waals surface area contributed by atoms with E-state index in [2.05, 4.69) is 34.3 Å². The number of imidazole rings is 1. The van der Waals surface area contributed by atoms with Gasteiger partial charge < -0.3 is 10.3 Å². The van der Waals surface area contributed by atoms with Gasteiger partial charge in [0, 0.05) is 22.0 Å². The third-order valence-corrected chi connectivity index (χ3v) is 4.28. The molecule has 0 aliphatic heterocycles. The van der Waals surface area contributed by atoms with Gasteiger partial charge in [-0.3, -0.25) is 0 Å². The molecule has 106 valence electrons. The summed E-state index contributed by atoms with van der Waals surface area (Å²) in [5.41, 5.74) is 7.88. The highest BCUT2D eigenvalue weighted by Gasteiger charge is 2.32. The second-order valence-corrected chi connectivity index (χ2v) is 6.42. The Labute approximate surface area is 126 Å². The molecule has 5 heteroatoms. The van der Waals surface area contributed by atoms with Crippen molar-refractivity contribution >= 4 is 21.7 Å². The third-order valence-electron chi connectivity index (χ3n) is 3.62. The van der Waals surface area contributed by atoms with Gasteiger partial charge in [-0.25, -0.2) is 9.37 Å². The van der Waals surface area contributed by atoms with E-state index >= 15 is 0 Å². The first-order valence-corrected chi connectivity index (χ1v) is 7.61. The fourth-order valence-electron chi connectivity index (χ4n) is 2.52. The van der Waals surface area contributed by atoms with Crippen molar-refractivity contribution in [1.82, 2.24) is 9.55 Å². The molecule has 3 nitrogen and oxygen atoms in total. The van der Waals surface area contributed by atoms with E-state index in [1.54, 1.807) is 6.07 Å². The first-order valence-electron chi connectivity index (χ1n) is 6.82. The van der Waals surface area contributed by atoms with Crippen molar-refractivity contribution in [2.45, 2.75) is 38.6 Å². The minimum atomic E-state index is -0.273. The third kappa shape index (κ3) is 2.24. The number of nitrogens with zero attached hydrogens (tertiary/aromatic N) is 2. The van der Waals surface area contributed by atoms with Crippen LogP contribution in [0.5, 0.6) is 0 Å². The SMILES string of the molecule is CC(C)n1c(C2CC2)nc(-c2ccc(F)cc2Br)c1N. The van der Waals surface area contributed by atoms with Gasteiger partial charge in [0.2, 0.25) is 0 Å². The maximum atomic E-state index is 13.2. The van der Waals surface area contributed by atoms with Gasteiger partial charge >= 0.3 is 0 Å². The summed E-state index contributed by atoms with van der Waals surface area (Å²) in [5, 5.41) is 0. The molecule has 1 heterocycles. The van der Waals surface area contributed by atoms with Crippen molar-refractivity contribution in [2.24, 2.45) is 0 Å². The number of rotatable bonds is 3. The average Bonchev–Trinajstić information content (AvgIpc) is 3.14. The smallest absolute Gasteiger partial charge is 0.132 e. The average molecular weight is 338 g/mol. The molecule has 0 radical (unpaired) electrons. The predicted octanol–water partition coefficient (Wildman–Crippen LogP) is 4.49. The minimum absolute atomic E-state index is 0.270. The fourth-order valence-corrected chi connectivity index (χ4v) is 3.05. The first-order chi connectivity index (χ1) is 9.49. The zero-order valence-electron chi connectivity index (χ0n) is 11.5. The summed E-state index contributed by atoms with van der Waals surface area (Å²) >= 11 is 3.40. The molecule has 0 atom stereocenters. The summed E-state index contributed by atoms with van der Waals surface area (Å²) in [4.78, 5) is 4.74. The molecule has 0 saturated heterocycles. The van der Waals surface area contributed by atoms with Gasteiger partial charge in [0.1, 0.15) is 23.2 Å². The van der Waals surface area contributed by atoms with Crippen LogP contribution in [-0.2, 0) is 0 Å². The minimum Gasteiger partial charge on any atom is -0.383 e. The molecule has 1 fully saturated rings. The van der Waals surface area contributed by atoms with Crippen molar-refractivity contribution in [3.63, 3.8) is 0 Å². The Bertz CT molecular complexity index is 659. The number of anilines is 1. The lowest BCUT2D eigenvalue weighted by molar-refractivity contribution is 0.576. The lowest BCUT2D eigenvalue weighted by Gasteiger charge is -2.13. The highest BCUT2D eigenvalue weighted by atomic mass is 79.9. The molecule has 0 bridgehead atoms. The monoisotopic (exact) mass is 337 g/mol. The Kier molecular flexibility index (Phi) is 3.32. The van der Waals surface area contributed by atoms with Crippen molar-refractivity contribution in [2.75, 3.05) is 5.73 Å². The van der Waals surface area contributed by atoms with Gasteiger partial charge in [-0.2, -0.15) is 0 Å². The van der Waals surface area contributed by atoms with Crippen LogP contribution in [0, 0.1) is 5.82 Å². The van der Waals surface area contributed by atoms with E-state index < -0.39 is 0 Å². The Hall–Kier alpha value is -1.36. The van der Waals surface area contributed by atoms with E-state index in [-0.39, 0.29) is 11.9 Å². The topological polar surface area (TPSA) is 43.8 Å². The summed E-state index contributed by atoms with van der Waals surface area (Å²) in [7, 11) is 0. The van der Waals surface area contributed by atoms with Crippen LogP contribution >= 0.6 is 15.9 Å². The summed E-state index contributed by atoms with van der Waals surface area (Å²) < 4.78 is 16.0. The number of nitrogen functional groups attached to an aromatic ring is 1. The molecule has 1 aromatic heterocycles. The summed E-state index contributed by atoms with van der Waals surface area (Å²) in [6.07, 6.45) is 2.35. The predicted molar refractivity (Wildman–Crippen MR) is 82.1 cm³/mol. The number of hydrogen-bond acceptors (Lipinski definition) is 2. The molecule has 0 unspecified atom stereocenters. The first kappa shape index (κ1) is 13.6. The molecule has 20 heavy (non-hydrogen) atoms. The fraction of sp³-hybridized carbons (Fsp3) is 0.400. The van der Waals surface area contributed by atoms with Gasteiger partial charge in [0.05, 0.1) is 0 Å². The van der Waals surface area contributed by atoms with Crippen molar-refractivity contribution in [1.29, 1.82) is 0 Å². The van der Waals surface area contributed by atoms with Crippen LogP contribution in [-0.4, -0.2) is 9.55 Å². The molecule has 2 aromatic rings. The van der Waals surface area contributed by atoms with Crippen LogP contribution in [0.15, 0.2) is 22.7 Å². The summed E-state index contributed by atoms with van der Waals surface area (Å²) in [6, 6.07) is 4.87. The Morgan fingerprint density at radius 1 is 1.40 bits per heavy atom. The van der Waals surface area contributed by atoms with Crippen LogP contribution < -0.4 is 5.73 Å². The molecule has 0 spiro atoms. The number of benzene rings is 1. The van der Waals surface area contributed by atoms with Gasteiger partial charge in [-0.05, 0) is 60.8 Å². The quantitative estimate of drug-likeness (QED) is 0.896. The van der Waals surface area contributed by atoms with Crippen LogP contribution in [0.1, 0.15) is 44.5 Å². The summed E-state index contributed by atoms with van der Waals surface area (Å²) in [5.74, 6) is 1.97. The Morgan fingerprint density at radius 3 is 2.65 bits per heavy atom. The number of aromatic nitrogens is 2. The second-order valence-electron chi connectivity index (χ2n) is 5.57. The number of nitrogens with two attached hydrogens (primary N) is 1. The lowest BCUT2D eigenvalue weighted by atomic mass is 10.1. The van der Waals surface area contributed by atoms with Crippen LogP contribution in [0.25, 0.3) is 11.3 Å². The van der Waals surface area contributed by atoms with E-state index in [0.29, 0.717) is 16.2 Å². The largest absolute Gasteiger partial charge is 0.383 e. The second kappa shape index (κ2) is 4.88. The van der Waals surface area contributed by atoms with Crippen LogP contribution in [0.3, 0.4) is 0 Å². The molecule has 1 saturated carbocycles. The van der Waals surface area contributed by atoms with Crippen molar-refractivity contribution < 1.29 is 4.39 Å². The molecule has 0 amide bonds. The highest BCUT2D eigenvalue weighted by Crippen LogP contribution is 2.44. The molecule has 1 aliphatic carbocycles.